The molecule has 1 aliphatic heterocycles. The lowest BCUT2D eigenvalue weighted by molar-refractivity contribution is -0.147. The molecule has 30 heavy (non-hydrogen) atoms. The van der Waals surface area contributed by atoms with E-state index in [-0.39, 0.29) is 29.3 Å². The maximum atomic E-state index is 12.6. The number of ether oxygens (including phenoxy) is 2. The van der Waals surface area contributed by atoms with Crippen molar-refractivity contribution in [2.45, 2.75) is 131 Å². The number of likely N-dealkylation sites (tertiary alicyclic amines) is 1. The minimum atomic E-state index is -0.511. The van der Waals surface area contributed by atoms with Gasteiger partial charge in [0.05, 0.1) is 18.2 Å². The van der Waals surface area contributed by atoms with Gasteiger partial charge >= 0.3 is 6.09 Å². The summed E-state index contributed by atoms with van der Waals surface area (Å²) >= 11 is 0. The lowest BCUT2D eigenvalue weighted by Gasteiger charge is -2.46. The zero-order chi connectivity index (χ0) is 23.2. The molecule has 0 aromatic rings. The van der Waals surface area contributed by atoms with Crippen LogP contribution in [0.15, 0.2) is 0 Å². The third-order valence-electron chi connectivity index (χ3n) is 6.05. The van der Waals surface area contributed by atoms with Gasteiger partial charge in [-0.3, -0.25) is 0 Å². The highest BCUT2D eigenvalue weighted by Crippen LogP contribution is 2.41. The normalized spacial score (nSPS) is 22.1. The molecule has 3 atom stereocenters. The molecule has 178 valence electrons. The molecule has 0 aliphatic carbocycles. The molecule has 1 heterocycles. The number of hydrogen-bond acceptors (Lipinski definition) is 4. The van der Waals surface area contributed by atoms with Gasteiger partial charge in [-0.1, -0.05) is 59.8 Å². The van der Waals surface area contributed by atoms with Gasteiger partial charge in [0.15, 0.2) is 0 Å². The Morgan fingerprint density at radius 1 is 1.00 bits per heavy atom. The molecule has 1 fully saturated rings. The van der Waals surface area contributed by atoms with E-state index in [9.17, 15) is 4.79 Å². The number of carbonyl (C=O) groups is 1. The highest BCUT2D eigenvalue weighted by atomic mass is 16.6. The third-order valence-corrected chi connectivity index (χ3v) is 6.05. The number of nitrogens with zero attached hydrogens (tertiary/aromatic N) is 1. The highest BCUT2D eigenvalue weighted by molar-refractivity contribution is 5.68. The second-order valence-corrected chi connectivity index (χ2v) is 11.8. The van der Waals surface area contributed by atoms with Crippen LogP contribution in [0.3, 0.4) is 0 Å². The van der Waals surface area contributed by atoms with E-state index in [2.05, 4.69) is 41.5 Å². The van der Waals surface area contributed by atoms with Gasteiger partial charge in [0.25, 0.3) is 0 Å². The lowest BCUT2D eigenvalue weighted by atomic mass is 9.69. The fourth-order valence-electron chi connectivity index (χ4n) is 4.94. The Balaban J connectivity index is 2.79. The van der Waals surface area contributed by atoms with Crippen LogP contribution in [0, 0.1) is 11.3 Å². The Kier molecular flexibility index (Phi) is 10.1. The van der Waals surface area contributed by atoms with Gasteiger partial charge in [-0.25, -0.2) is 4.79 Å². The summed E-state index contributed by atoms with van der Waals surface area (Å²) in [4.78, 5) is 14.3. The Morgan fingerprint density at radius 3 is 2.13 bits per heavy atom. The maximum absolute atomic E-state index is 12.6. The molecule has 0 radical (unpaired) electrons. The second-order valence-electron chi connectivity index (χ2n) is 11.8. The van der Waals surface area contributed by atoms with Crippen LogP contribution in [0.5, 0.6) is 0 Å². The van der Waals surface area contributed by atoms with E-state index in [1.807, 2.05) is 20.8 Å². The summed E-state index contributed by atoms with van der Waals surface area (Å²) in [7, 11) is 0. The first-order valence-corrected chi connectivity index (χ1v) is 12.1. The van der Waals surface area contributed by atoms with Crippen molar-refractivity contribution < 1.29 is 14.3 Å². The van der Waals surface area contributed by atoms with Crippen molar-refractivity contribution in [1.82, 2.24) is 4.90 Å². The summed E-state index contributed by atoms with van der Waals surface area (Å²) in [5.41, 5.74) is 5.65. The monoisotopic (exact) mass is 426 g/mol. The molecule has 5 heteroatoms. The van der Waals surface area contributed by atoms with E-state index in [1.165, 1.54) is 32.1 Å². The van der Waals surface area contributed by atoms with Crippen molar-refractivity contribution in [3.63, 3.8) is 0 Å². The first-order chi connectivity index (χ1) is 13.7. The average molecular weight is 427 g/mol. The molecule has 1 amide bonds. The summed E-state index contributed by atoms with van der Waals surface area (Å²) in [6.45, 7) is 20.4. The van der Waals surface area contributed by atoms with Crippen molar-refractivity contribution in [3.8, 4) is 0 Å². The smallest absolute Gasteiger partial charge is 0.410 e. The summed E-state index contributed by atoms with van der Waals surface area (Å²) in [5, 5.41) is 0. The van der Waals surface area contributed by atoms with Crippen molar-refractivity contribution in [1.29, 1.82) is 0 Å². The molecular formula is C25H50N2O3. The molecule has 2 N–H and O–H groups in total. The zero-order valence-corrected chi connectivity index (χ0v) is 21.3. The molecule has 1 saturated heterocycles. The van der Waals surface area contributed by atoms with Crippen LogP contribution in [0.4, 0.5) is 4.79 Å². The summed E-state index contributed by atoms with van der Waals surface area (Å²) in [6, 6.07) is -0.0887. The van der Waals surface area contributed by atoms with Crippen LogP contribution < -0.4 is 5.73 Å². The van der Waals surface area contributed by atoms with Gasteiger partial charge in [-0.05, 0) is 58.8 Å². The molecule has 5 nitrogen and oxygen atoms in total. The SMILES string of the molecule is CCCCCCCC(C(C)(C)C)C(C)(C)O[C@H]1C[C@@H](N)CN(C(=O)OC(C)(C)C)C1. The molecule has 1 aliphatic rings. The minimum Gasteiger partial charge on any atom is -0.444 e. The predicted molar refractivity (Wildman–Crippen MR) is 126 cm³/mol. The van der Waals surface area contributed by atoms with Gasteiger partial charge in [0, 0.05) is 12.6 Å². The molecule has 0 aromatic heterocycles. The van der Waals surface area contributed by atoms with Crippen LogP contribution in [-0.4, -0.2) is 47.4 Å². The van der Waals surface area contributed by atoms with Crippen molar-refractivity contribution in [3.05, 3.63) is 0 Å². The second kappa shape index (κ2) is 11.2. The Morgan fingerprint density at radius 2 is 1.60 bits per heavy atom. The number of unbranched alkanes of at least 4 members (excludes halogenated alkanes) is 4. The number of amides is 1. The number of rotatable bonds is 9. The molecule has 1 unspecified atom stereocenters. The minimum absolute atomic E-state index is 0.0683. The first kappa shape index (κ1) is 27.2. The standard InChI is InChI=1S/C25H50N2O3/c1-10-11-12-13-14-15-21(23(2,3)4)25(8,9)29-20-16-19(26)17-27(18-20)22(28)30-24(5,6)7/h19-21H,10-18,26H2,1-9H3/t19-,20+,21?/m1/s1. The molecule has 0 spiro atoms. The largest absolute Gasteiger partial charge is 0.444 e. The Hall–Kier alpha value is -0.810. The van der Waals surface area contributed by atoms with E-state index in [0.717, 1.165) is 12.8 Å². The van der Waals surface area contributed by atoms with Crippen LogP contribution in [-0.2, 0) is 9.47 Å². The van der Waals surface area contributed by atoms with Crippen LogP contribution in [0.25, 0.3) is 0 Å². The molecule has 0 aromatic carbocycles. The van der Waals surface area contributed by atoms with Gasteiger partial charge in [0.2, 0.25) is 0 Å². The zero-order valence-electron chi connectivity index (χ0n) is 21.3. The van der Waals surface area contributed by atoms with Gasteiger partial charge in [0.1, 0.15) is 5.60 Å². The fourth-order valence-corrected chi connectivity index (χ4v) is 4.94. The number of carbonyl (C=O) groups excluding carboxylic acids is 1. The molecule has 0 saturated carbocycles. The quantitative estimate of drug-likeness (QED) is 0.450. The third kappa shape index (κ3) is 9.55. The topological polar surface area (TPSA) is 64.8 Å². The fraction of sp³-hybridized carbons (Fsp3) is 0.960. The van der Waals surface area contributed by atoms with E-state index >= 15 is 0 Å². The summed E-state index contributed by atoms with van der Waals surface area (Å²) in [5.74, 6) is 0.430. The Bertz CT molecular complexity index is 519. The lowest BCUT2D eigenvalue weighted by Crippen LogP contribution is -2.55. The van der Waals surface area contributed by atoms with E-state index in [1.54, 1.807) is 4.90 Å². The van der Waals surface area contributed by atoms with Crippen molar-refractivity contribution >= 4 is 6.09 Å². The van der Waals surface area contributed by atoms with Crippen LogP contribution >= 0.6 is 0 Å². The van der Waals surface area contributed by atoms with Gasteiger partial charge < -0.3 is 20.1 Å². The maximum Gasteiger partial charge on any atom is 0.410 e. The average Bonchev–Trinajstić information content (AvgIpc) is 2.54. The van der Waals surface area contributed by atoms with E-state index < -0.39 is 5.60 Å². The predicted octanol–water partition coefficient (Wildman–Crippen LogP) is 6.14. The summed E-state index contributed by atoms with van der Waals surface area (Å²) in [6.07, 6.45) is 8.00. The van der Waals surface area contributed by atoms with Crippen molar-refractivity contribution in [2.75, 3.05) is 13.1 Å². The molecule has 0 bridgehead atoms. The van der Waals surface area contributed by atoms with Crippen LogP contribution in [0.2, 0.25) is 0 Å². The number of nitrogens with two attached hydrogens (primary N) is 1. The van der Waals surface area contributed by atoms with Gasteiger partial charge in [-0.15, -0.1) is 0 Å². The van der Waals surface area contributed by atoms with Crippen molar-refractivity contribution in [2.24, 2.45) is 17.1 Å². The Labute approximate surface area is 186 Å². The van der Waals surface area contributed by atoms with Crippen LogP contribution in [0.1, 0.15) is 107 Å². The number of piperidine rings is 1. The summed E-state index contributed by atoms with van der Waals surface area (Å²) < 4.78 is 12.3. The number of hydrogen-bond donors (Lipinski definition) is 1. The molecule has 1 rings (SSSR count). The van der Waals surface area contributed by atoms with Gasteiger partial charge in [-0.2, -0.15) is 0 Å². The first-order valence-electron chi connectivity index (χ1n) is 12.1. The molecular weight excluding hydrogens is 376 g/mol. The highest BCUT2D eigenvalue weighted by Gasteiger charge is 2.42. The van der Waals surface area contributed by atoms with E-state index in [0.29, 0.717) is 19.0 Å². The van der Waals surface area contributed by atoms with E-state index in [4.69, 9.17) is 15.2 Å².